The number of halogens is 1. The molecule has 0 unspecified atom stereocenters. The molecule has 6 heteroatoms. The van der Waals surface area contributed by atoms with Crippen molar-refractivity contribution in [2.75, 3.05) is 0 Å². The molecule has 4 aromatic rings. The number of benzene rings is 1. The Labute approximate surface area is 112 Å². The zero-order valence-corrected chi connectivity index (χ0v) is 10.4. The number of fused-ring (bicyclic) bond motifs is 3. The topological polar surface area (TPSA) is 56.2 Å². The van der Waals surface area contributed by atoms with Crippen molar-refractivity contribution in [1.82, 2.24) is 19.8 Å². The Kier molecular flexibility index (Phi) is 2.10. The van der Waals surface area contributed by atoms with Crippen molar-refractivity contribution in [3.63, 3.8) is 0 Å². The lowest BCUT2D eigenvalue weighted by atomic mass is 10.2. The Bertz CT molecular complexity index is 882. The van der Waals surface area contributed by atoms with Gasteiger partial charge in [0.25, 0.3) is 0 Å². The minimum atomic E-state index is 0.424. The van der Waals surface area contributed by atoms with Gasteiger partial charge >= 0.3 is 0 Å². The van der Waals surface area contributed by atoms with Crippen molar-refractivity contribution >= 4 is 28.0 Å². The van der Waals surface area contributed by atoms with Crippen LogP contribution >= 0.6 is 11.6 Å². The second-order valence-corrected chi connectivity index (χ2v) is 4.47. The molecule has 92 valence electrons. The molecule has 0 fully saturated rings. The van der Waals surface area contributed by atoms with E-state index in [1.54, 1.807) is 23.1 Å². The predicted octanol–water partition coefficient (Wildman–Crippen LogP) is 3.19. The fourth-order valence-electron chi connectivity index (χ4n) is 2.11. The molecule has 0 saturated carbocycles. The lowest BCUT2D eigenvalue weighted by molar-refractivity contribution is 0.567. The average molecular weight is 271 g/mol. The molecular formula is C13H7ClN4O. The molecule has 1 aromatic carbocycles. The Morgan fingerprint density at radius 3 is 2.68 bits per heavy atom. The van der Waals surface area contributed by atoms with Crippen molar-refractivity contribution in [2.45, 2.75) is 0 Å². The molecule has 19 heavy (non-hydrogen) atoms. The normalized spacial score (nSPS) is 11.4. The molecule has 3 aromatic heterocycles. The first-order valence-electron chi connectivity index (χ1n) is 5.67. The first-order valence-corrected chi connectivity index (χ1v) is 6.04. The molecule has 0 aliphatic heterocycles. The van der Waals surface area contributed by atoms with Crippen molar-refractivity contribution < 1.29 is 4.42 Å². The molecule has 3 heterocycles. The maximum atomic E-state index is 6.22. The predicted molar refractivity (Wildman–Crippen MR) is 71.0 cm³/mol. The van der Waals surface area contributed by atoms with Crippen LogP contribution in [0, 0.1) is 0 Å². The molecule has 5 nitrogen and oxygen atoms in total. The number of furan rings is 1. The number of rotatable bonds is 1. The SMILES string of the molecule is Clc1nn2c(-c3ccoc3)nnc2c2ccccc12. The summed E-state index contributed by atoms with van der Waals surface area (Å²) in [7, 11) is 0. The van der Waals surface area contributed by atoms with Gasteiger partial charge in [0.2, 0.25) is 0 Å². The van der Waals surface area contributed by atoms with Crippen LogP contribution in [0.25, 0.3) is 27.8 Å². The summed E-state index contributed by atoms with van der Waals surface area (Å²) < 4.78 is 6.70. The third kappa shape index (κ3) is 1.45. The van der Waals surface area contributed by atoms with Crippen molar-refractivity contribution in [1.29, 1.82) is 0 Å². The van der Waals surface area contributed by atoms with Gasteiger partial charge in [-0.15, -0.1) is 10.2 Å². The van der Waals surface area contributed by atoms with Crippen LogP contribution in [-0.2, 0) is 0 Å². The molecule has 0 amide bonds. The van der Waals surface area contributed by atoms with E-state index in [2.05, 4.69) is 15.3 Å². The van der Waals surface area contributed by atoms with E-state index in [1.807, 2.05) is 24.3 Å². The monoisotopic (exact) mass is 270 g/mol. The summed E-state index contributed by atoms with van der Waals surface area (Å²) in [6, 6.07) is 9.52. The molecule has 0 atom stereocenters. The second-order valence-electron chi connectivity index (χ2n) is 4.11. The summed E-state index contributed by atoms with van der Waals surface area (Å²) >= 11 is 6.22. The van der Waals surface area contributed by atoms with E-state index in [0.717, 1.165) is 16.3 Å². The van der Waals surface area contributed by atoms with Gasteiger partial charge in [0.15, 0.2) is 16.6 Å². The highest BCUT2D eigenvalue weighted by Gasteiger charge is 2.14. The molecule has 0 saturated heterocycles. The van der Waals surface area contributed by atoms with E-state index < -0.39 is 0 Å². The van der Waals surface area contributed by atoms with Gasteiger partial charge in [-0.25, -0.2) is 0 Å². The lowest BCUT2D eigenvalue weighted by Crippen LogP contribution is -1.96. The zero-order chi connectivity index (χ0) is 12.8. The zero-order valence-electron chi connectivity index (χ0n) is 9.62. The van der Waals surface area contributed by atoms with Crippen molar-refractivity contribution in [3.8, 4) is 11.4 Å². The van der Waals surface area contributed by atoms with Crippen LogP contribution in [0.3, 0.4) is 0 Å². The highest BCUT2D eigenvalue weighted by Crippen LogP contribution is 2.27. The van der Waals surface area contributed by atoms with Crippen LogP contribution in [0.4, 0.5) is 0 Å². The van der Waals surface area contributed by atoms with Crippen molar-refractivity contribution in [3.05, 3.63) is 48.0 Å². The van der Waals surface area contributed by atoms with E-state index in [4.69, 9.17) is 16.0 Å². The maximum absolute atomic E-state index is 6.22. The van der Waals surface area contributed by atoms with Crippen LogP contribution in [0.5, 0.6) is 0 Å². The smallest absolute Gasteiger partial charge is 0.188 e. The number of hydrogen-bond donors (Lipinski definition) is 0. The van der Waals surface area contributed by atoms with E-state index >= 15 is 0 Å². The fourth-order valence-corrected chi connectivity index (χ4v) is 2.35. The van der Waals surface area contributed by atoms with Gasteiger partial charge in [-0.05, 0) is 6.07 Å². The standard InChI is InChI=1S/C13H7ClN4O/c14-11-9-3-1-2-4-10(9)13-16-15-12(18(13)17-11)8-5-6-19-7-8/h1-7H. The summed E-state index contributed by atoms with van der Waals surface area (Å²) in [5.74, 6) is 0.608. The minimum absolute atomic E-state index is 0.424. The van der Waals surface area contributed by atoms with Crippen LogP contribution < -0.4 is 0 Å². The van der Waals surface area contributed by atoms with Gasteiger partial charge in [0.05, 0.1) is 11.8 Å². The molecule has 4 rings (SSSR count). The van der Waals surface area contributed by atoms with Gasteiger partial charge in [-0.1, -0.05) is 35.9 Å². The molecule has 0 spiro atoms. The third-order valence-electron chi connectivity index (χ3n) is 3.00. The Morgan fingerprint density at radius 2 is 1.89 bits per heavy atom. The second kappa shape index (κ2) is 3.80. The number of aromatic nitrogens is 4. The first-order chi connectivity index (χ1) is 9.34. The van der Waals surface area contributed by atoms with Crippen molar-refractivity contribution in [2.24, 2.45) is 0 Å². The van der Waals surface area contributed by atoms with Crippen LogP contribution in [-0.4, -0.2) is 19.8 Å². The summed E-state index contributed by atoms with van der Waals surface area (Å²) in [4.78, 5) is 0. The third-order valence-corrected chi connectivity index (χ3v) is 3.28. The molecule has 0 radical (unpaired) electrons. The fraction of sp³-hybridized carbons (Fsp3) is 0. The van der Waals surface area contributed by atoms with Gasteiger partial charge in [-0.3, -0.25) is 0 Å². The summed E-state index contributed by atoms with van der Waals surface area (Å²) in [5, 5.41) is 14.9. The van der Waals surface area contributed by atoms with E-state index in [-0.39, 0.29) is 0 Å². The van der Waals surface area contributed by atoms with Crippen LogP contribution in [0.15, 0.2) is 47.3 Å². The van der Waals surface area contributed by atoms with E-state index in [1.165, 1.54) is 0 Å². The minimum Gasteiger partial charge on any atom is -0.472 e. The first kappa shape index (κ1) is 10.5. The largest absolute Gasteiger partial charge is 0.472 e. The molecule has 0 aliphatic rings. The maximum Gasteiger partial charge on any atom is 0.188 e. The number of nitrogens with zero attached hydrogens (tertiary/aromatic N) is 4. The van der Waals surface area contributed by atoms with E-state index in [9.17, 15) is 0 Å². The summed E-state index contributed by atoms with van der Waals surface area (Å²) in [6.07, 6.45) is 3.18. The Hall–Kier alpha value is -2.40. The van der Waals surface area contributed by atoms with Gasteiger partial charge in [-0.2, -0.15) is 9.61 Å². The van der Waals surface area contributed by atoms with E-state index in [0.29, 0.717) is 16.6 Å². The molecule has 0 bridgehead atoms. The lowest BCUT2D eigenvalue weighted by Gasteiger charge is -2.02. The average Bonchev–Trinajstić information content (AvgIpc) is 3.07. The molecule has 0 N–H and O–H groups in total. The number of hydrogen-bond acceptors (Lipinski definition) is 4. The Balaban J connectivity index is 2.16. The quantitative estimate of drug-likeness (QED) is 0.533. The van der Waals surface area contributed by atoms with Gasteiger partial charge in [0, 0.05) is 10.8 Å². The summed E-state index contributed by atoms with van der Waals surface area (Å²) in [5.41, 5.74) is 1.49. The van der Waals surface area contributed by atoms with Gasteiger partial charge in [0.1, 0.15) is 6.26 Å². The molecular weight excluding hydrogens is 264 g/mol. The highest BCUT2D eigenvalue weighted by atomic mass is 35.5. The summed E-state index contributed by atoms with van der Waals surface area (Å²) in [6.45, 7) is 0. The van der Waals surface area contributed by atoms with Gasteiger partial charge < -0.3 is 4.42 Å². The highest BCUT2D eigenvalue weighted by molar-refractivity contribution is 6.34. The van der Waals surface area contributed by atoms with Crippen LogP contribution in [0.2, 0.25) is 5.15 Å². The Morgan fingerprint density at radius 1 is 1.05 bits per heavy atom. The van der Waals surface area contributed by atoms with Crippen LogP contribution in [0.1, 0.15) is 0 Å². The molecule has 0 aliphatic carbocycles.